The van der Waals surface area contributed by atoms with E-state index in [1.54, 1.807) is 0 Å². The van der Waals surface area contributed by atoms with Gasteiger partial charge in [-0.2, -0.15) is 0 Å². The van der Waals surface area contributed by atoms with Crippen LogP contribution in [0.25, 0.3) is 0 Å². The van der Waals surface area contributed by atoms with Crippen molar-refractivity contribution in [3.05, 3.63) is 28.2 Å². The topological polar surface area (TPSA) is 41.7 Å². The van der Waals surface area contributed by atoms with Crippen LogP contribution in [0, 0.1) is 0 Å². The van der Waals surface area contributed by atoms with Crippen molar-refractivity contribution in [2.75, 3.05) is 44.3 Å². The van der Waals surface area contributed by atoms with E-state index in [1.165, 1.54) is 17.7 Å². The van der Waals surface area contributed by atoms with E-state index < -0.39 is 0 Å². The van der Waals surface area contributed by atoms with Crippen LogP contribution >= 0.6 is 15.9 Å². The summed E-state index contributed by atoms with van der Waals surface area (Å²) in [5.41, 5.74) is 8.42. The first-order valence-electron chi connectivity index (χ1n) is 7.77. The number of benzene rings is 1. The molecule has 2 aliphatic rings. The highest BCUT2D eigenvalue weighted by molar-refractivity contribution is 9.10. The lowest BCUT2D eigenvalue weighted by Gasteiger charge is -2.32. The van der Waals surface area contributed by atoms with Crippen LogP contribution in [0.1, 0.15) is 24.9 Å². The summed E-state index contributed by atoms with van der Waals surface area (Å²) in [6.07, 6.45) is 1.24. The molecule has 0 aromatic heterocycles. The Morgan fingerprint density at radius 1 is 1.29 bits per heavy atom. The molecule has 0 aliphatic carbocycles. The van der Waals surface area contributed by atoms with Crippen LogP contribution in [0.2, 0.25) is 0 Å². The van der Waals surface area contributed by atoms with Crippen molar-refractivity contribution >= 4 is 21.6 Å². The molecule has 2 aliphatic heterocycles. The van der Waals surface area contributed by atoms with Gasteiger partial charge in [0.2, 0.25) is 0 Å². The zero-order chi connectivity index (χ0) is 14.8. The van der Waals surface area contributed by atoms with Crippen molar-refractivity contribution in [1.82, 2.24) is 4.90 Å². The van der Waals surface area contributed by atoms with Gasteiger partial charge in [0.15, 0.2) is 0 Å². The third kappa shape index (κ3) is 3.42. The summed E-state index contributed by atoms with van der Waals surface area (Å²) in [6.45, 7) is 8.15. The molecule has 1 aromatic carbocycles. The number of halogens is 1. The van der Waals surface area contributed by atoms with Gasteiger partial charge in [-0.3, -0.25) is 4.90 Å². The highest BCUT2D eigenvalue weighted by Gasteiger charge is 2.29. The fraction of sp³-hybridized carbons (Fsp3) is 0.625. The van der Waals surface area contributed by atoms with Crippen LogP contribution in [-0.4, -0.2) is 50.3 Å². The SMILES string of the molecule is CC(N)c1ccc(N2CCC(N3CCOCC3)C2)c(Br)c1. The van der Waals surface area contributed by atoms with Crippen molar-refractivity contribution in [3.63, 3.8) is 0 Å². The molecule has 0 amide bonds. The van der Waals surface area contributed by atoms with Crippen LogP contribution in [0.5, 0.6) is 0 Å². The molecule has 21 heavy (non-hydrogen) atoms. The molecule has 4 nitrogen and oxygen atoms in total. The summed E-state index contributed by atoms with van der Waals surface area (Å²) in [5, 5.41) is 0. The molecule has 5 heteroatoms. The highest BCUT2D eigenvalue weighted by atomic mass is 79.9. The highest BCUT2D eigenvalue weighted by Crippen LogP contribution is 2.32. The number of nitrogens with two attached hydrogens (primary N) is 1. The first-order chi connectivity index (χ1) is 10.1. The molecule has 2 N–H and O–H groups in total. The third-order valence-electron chi connectivity index (χ3n) is 4.56. The summed E-state index contributed by atoms with van der Waals surface area (Å²) < 4.78 is 6.60. The van der Waals surface area contributed by atoms with Gasteiger partial charge in [0.25, 0.3) is 0 Å². The molecule has 2 heterocycles. The smallest absolute Gasteiger partial charge is 0.0594 e. The van der Waals surface area contributed by atoms with Gasteiger partial charge in [-0.25, -0.2) is 0 Å². The molecule has 116 valence electrons. The fourth-order valence-electron chi connectivity index (χ4n) is 3.26. The molecule has 2 fully saturated rings. The standard InChI is InChI=1S/C16H24BrN3O/c1-12(18)13-2-3-16(15(17)10-13)20-5-4-14(11-20)19-6-8-21-9-7-19/h2-3,10,12,14H,4-9,11,18H2,1H3. The predicted molar refractivity (Wildman–Crippen MR) is 89.8 cm³/mol. The lowest BCUT2D eigenvalue weighted by molar-refractivity contribution is 0.0209. The first kappa shape index (κ1) is 15.3. The van der Waals surface area contributed by atoms with E-state index in [-0.39, 0.29) is 6.04 Å². The number of ether oxygens (including phenoxy) is 1. The Labute approximate surface area is 135 Å². The predicted octanol–water partition coefficient (Wildman–Crippen LogP) is 2.38. The molecule has 0 bridgehead atoms. The molecular formula is C16H24BrN3O. The second kappa shape index (κ2) is 6.65. The van der Waals surface area contributed by atoms with E-state index in [4.69, 9.17) is 10.5 Å². The van der Waals surface area contributed by atoms with E-state index >= 15 is 0 Å². The van der Waals surface area contributed by atoms with Crippen molar-refractivity contribution in [2.24, 2.45) is 5.73 Å². The molecule has 0 spiro atoms. The van der Waals surface area contributed by atoms with Gasteiger partial charge in [0.1, 0.15) is 0 Å². The summed E-state index contributed by atoms with van der Waals surface area (Å²) in [7, 11) is 0. The first-order valence-corrected chi connectivity index (χ1v) is 8.56. The van der Waals surface area contributed by atoms with Crippen molar-refractivity contribution < 1.29 is 4.74 Å². The fourth-order valence-corrected chi connectivity index (χ4v) is 3.91. The number of nitrogens with zero attached hydrogens (tertiary/aromatic N) is 2. The van der Waals surface area contributed by atoms with E-state index in [0.717, 1.165) is 43.9 Å². The Bertz CT molecular complexity index is 488. The van der Waals surface area contributed by atoms with Crippen molar-refractivity contribution in [2.45, 2.75) is 25.4 Å². The average Bonchev–Trinajstić information content (AvgIpc) is 2.97. The lowest BCUT2D eigenvalue weighted by atomic mass is 10.1. The summed E-state index contributed by atoms with van der Waals surface area (Å²) in [6, 6.07) is 7.24. The second-order valence-corrected chi connectivity index (χ2v) is 6.89. The zero-order valence-corrected chi connectivity index (χ0v) is 14.2. The van der Waals surface area contributed by atoms with E-state index in [0.29, 0.717) is 6.04 Å². The van der Waals surface area contributed by atoms with Gasteiger partial charge >= 0.3 is 0 Å². The minimum absolute atomic E-state index is 0.0787. The van der Waals surface area contributed by atoms with Crippen LogP contribution in [0.15, 0.2) is 22.7 Å². The molecule has 2 unspecified atom stereocenters. The minimum atomic E-state index is 0.0787. The molecule has 2 atom stereocenters. The van der Waals surface area contributed by atoms with E-state index in [2.05, 4.69) is 43.9 Å². The van der Waals surface area contributed by atoms with Gasteiger partial charge in [-0.15, -0.1) is 0 Å². The molecule has 1 aromatic rings. The Kier molecular flexibility index (Phi) is 4.84. The quantitative estimate of drug-likeness (QED) is 0.905. The Hall–Kier alpha value is -0.620. The Morgan fingerprint density at radius 3 is 2.71 bits per heavy atom. The Morgan fingerprint density at radius 2 is 2.05 bits per heavy atom. The number of hydrogen-bond acceptors (Lipinski definition) is 4. The molecule has 3 rings (SSSR count). The minimum Gasteiger partial charge on any atom is -0.379 e. The van der Waals surface area contributed by atoms with Gasteiger partial charge in [-0.05, 0) is 47.0 Å². The molecule has 0 radical (unpaired) electrons. The lowest BCUT2D eigenvalue weighted by Crippen LogP contribution is -2.44. The number of rotatable bonds is 3. The average molecular weight is 354 g/mol. The van der Waals surface area contributed by atoms with Gasteiger partial charge in [-0.1, -0.05) is 6.07 Å². The van der Waals surface area contributed by atoms with E-state index in [9.17, 15) is 0 Å². The summed E-state index contributed by atoms with van der Waals surface area (Å²) in [4.78, 5) is 5.06. The molecular weight excluding hydrogens is 330 g/mol. The van der Waals surface area contributed by atoms with Crippen LogP contribution in [0.4, 0.5) is 5.69 Å². The third-order valence-corrected chi connectivity index (χ3v) is 5.20. The number of anilines is 1. The van der Waals surface area contributed by atoms with Gasteiger partial charge in [0.05, 0.1) is 18.9 Å². The molecule has 2 saturated heterocycles. The van der Waals surface area contributed by atoms with Gasteiger partial charge < -0.3 is 15.4 Å². The van der Waals surface area contributed by atoms with Crippen LogP contribution in [0.3, 0.4) is 0 Å². The van der Waals surface area contributed by atoms with Crippen molar-refractivity contribution in [1.29, 1.82) is 0 Å². The second-order valence-electron chi connectivity index (χ2n) is 6.04. The molecule has 0 saturated carbocycles. The maximum atomic E-state index is 5.95. The van der Waals surface area contributed by atoms with Crippen molar-refractivity contribution in [3.8, 4) is 0 Å². The largest absolute Gasteiger partial charge is 0.379 e. The maximum Gasteiger partial charge on any atom is 0.0594 e. The van der Waals surface area contributed by atoms with Crippen LogP contribution in [-0.2, 0) is 4.74 Å². The summed E-state index contributed by atoms with van der Waals surface area (Å²) >= 11 is 3.71. The Balaban J connectivity index is 1.68. The van der Waals surface area contributed by atoms with E-state index in [1.807, 2.05) is 6.92 Å². The summed E-state index contributed by atoms with van der Waals surface area (Å²) in [5.74, 6) is 0. The number of hydrogen-bond donors (Lipinski definition) is 1. The monoisotopic (exact) mass is 353 g/mol. The maximum absolute atomic E-state index is 5.95. The van der Waals surface area contributed by atoms with Gasteiger partial charge in [0, 0.05) is 42.7 Å². The normalized spacial score (nSPS) is 25.3. The zero-order valence-electron chi connectivity index (χ0n) is 12.6. The van der Waals surface area contributed by atoms with Crippen LogP contribution < -0.4 is 10.6 Å². The number of morpholine rings is 1.